The van der Waals surface area contributed by atoms with Crippen molar-refractivity contribution in [2.45, 2.75) is 39.0 Å². The van der Waals surface area contributed by atoms with Gasteiger partial charge in [-0.25, -0.2) is 0 Å². The minimum Gasteiger partial charge on any atom is -0.488 e. The van der Waals surface area contributed by atoms with Gasteiger partial charge in [-0.2, -0.15) is 0 Å². The minimum absolute atomic E-state index is 0.0182. The number of aromatic nitrogens is 1. The molecule has 0 bridgehead atoms. The Hall–Kier alpha value is -4.54. The van der Waals surface area contributed by atoms with Gasteiger partial charge in [0.2, 0.25) is 12.7 Å². The summed E-state index contributed by atoms with van der Waals surface area (Å²) in [6.07, 6.45) is 1.93. The number of anilines is 1. The van der Waals surface area contributed by atoms with Crippen molar-refractivity contribution in [3.63, 3.8) is 0 Å². The number of likely N-dealkylation sites (N-methyl/N-ethyl adjacent to an activating group) is 1. The average Bonchev–Trinajstić information content (AvgIpc) is 3.62. The van der Waals surface area contributed by atoms with E-state index in [-0.39, 0.29) is 49.7 Å². The second-order valence-corrected chi connectivity index (χ2v) is 12.2. The SMILES string of the molecule is C[C@@H]1CN([C@H](C)CO)C(=O)c2cc(NC(=O)Cc3cn(C)c4ccccc34)ccc2O[C@@H]1CN(C)Cc1ccc2c(c1)OCO2. The van der Waals surface area contributed by atoms with Gasteiger partial charge in [-0.3, -0.25) is 14.5 Å². The molecule has 10 nitrogen and oxygen atoms in total. The number of hydrogen-bond acceptors (Lipinski definition) is 7. The van der Waals surface area contributed by atoms with Crippen LogP contribution >= 0.6 is 0 Å². The maximum absolute atomic E-state index is 13.9. The summed E-state index contributed by atoms with van der Waals surface area (Å²) in [6.45, 7) is 5.67. The molecule has 3 atom stereocenters. The molecule has 236 valence electrons. The quantitative estimate of drug-likeness (QED) is 0.288. The number of hydrogen-bond donors (Lipinski definition) is 2. The monoisotopic (exact) mass is 612 g/mol. The van der Waals surface area contributed by atoms with E-state index < -0.39 is 0 Å². The van der Waals surface area contributed by atoms with Gasteiger partial charge >= 0.3 is 0 Å². The highest BCUT2D eigenvalue weighted by Crippen LogP contribution is 2.34. The van der Waals surface area contributed by atoms with Crippen LogP contribution in [0.1, 0.15) is 35.3 Å². The first kappa shape index (κ1) is 30.5. The summed E-state index contributed by atoms with van der Waals surface area (Å²) < 4.78 is 19.6. The van der Waals surface area contributed by atoms with E-state index in [1.165, 1.54) is 0 Å². The fourth-order valence-electron chi connectivity index (χ4n) is 6.19. The highest BCUT2D eigenvalue weighted by molar-refractivity contribution is 6.00. The number of aliphatic hydroxyl groups excluding tert-OH is 1. The summed E-state index contributed by atoms with van der Waals surface area (Å²) in [5, 5.41) is 14.0. The van der Waals surface area contributed by atoms with Crippen LogP contribution in [0.5, 0.6) is 17.2 Å². The number of benzene rings is 3. The molecule has 3 heterocycles. The van der Waals surface area contributed by atoms with Crippen LogP contribution in [0, 0.1) is 5.92 Å². The van der Waals surface area contributed by atoms with E-state index in [1.807, 2.05) is 74.2 Å². The number of aryl methyl sites for hydroxylation is 1. The van der Waals surface area contributed by atoms with Crippen molar-refractivity contribution in [1.29, 1.82) is 0 Å². The first-order chi connectivity index (χ1) is 21.7. The van der Waals surface area contributed by atoms with Gasteiger partial charge in [0.05, 0.1) is 24.6 Å². The molecule has 2 amide bonds. The number of rotatable bonds is 9. The molecule has 0 radical (unpaired) electrons. The van der Waals surface area contributed by atoms with E-state index in [9.17, 15) is 14.7 Å². The highest BCUT2D eigenvalue weighted by Gasteiger charge is 2.33. The lowest BCUT2D eigenvalue weighted by Gasteiger charge is -2.38. The Bertz CT molecular complexity index is 1720. The largest absolute Gasteiger partial charge is 0.488 e. The first-order valence-corrected chi connectivity index (χ1v) is 15.3. The molecule has 2 N–H and O–H groups in total. The van der Waals surface area contributed by atoms with Crippen LogP contribution in [0.3, 0.4) is 0 Å². The summed E-state index contributed by atoms with van der Waals surface area (Å²) in [4.78, 5) is 30.9. The van der Waals surface area contributed by atoms with Gasteiger partial charge < -0.3 is 34.1 Å². The van der Waals surface area contributed by atoms with Crippen molar-refractivity contribution in [2.75, 3.05) is 38.9 Å². The molecule has 0 saturated heterocycles. The molecule has 1 aromatic heterocycles. The van der Waals surface area contributed by atoms with Crippen molar-refractivity contribution in [2.24, 2.45) is 13.0 Å². The Morgan fingerprint density at radius 2 is 1.87 bits per heavy atom. The molecule has 0 spiro atoms. The average molecular weight is 613 g/mol. The van der Waals surface area contributed by atoms with Crippen molar-refractivity contribution in [1.82, 2.24) is 14.4 Å². The maximum atomic E-state index is 13.9. The zero-order chi connectivity index (χ0) is 31.7. The Balaban J connectivity index is 1.21. The molecular formula is C35H40N4O6. The second-order valence-electron chi connectivity index (χ2n) is 12.2. The number of fused-ring (bicyclic) bond motifs is 3. The van der Waals surface area contributed by atoms with Crippen LogP contribution in [0.15, 0.2) is 66.9 Å². The second kappa shape index (κ2) is 12.8. The number of amides is 2. The Labute approximate surface area is 263 Å². The lowest BCUT2D eigenvalue weighted by Crippen LogP contribution is -2.49. The zero-order valence-corrected chi connectivity index (χ0v) is 26.2. The van der Waals surface area contributed by atoms with Gasteiger partial charge in [-0.05, 0) is 61.5 Å². The number of ether oxygens (including phenoxy) is 3. The summed E-state index contributed by atoms with van der Waals surface area (Å²) >= 11 is 0. The summed E-state index contributed by atoms with van der Waals surface area (Å²) in [6, 6.07) is 18.8. The topological polar surface area (TPSA) is 106 Å². The molecule has 6 rings (SSSR count). The molecule has 0 saturated carbocycles. The summed E-state index contributed by atoms with van der Waals surface area (Å²) in [7, 11) is 4.00. The van der Waals surface area contributed by atoms with Crippen molar-refractivity contribution >= 4 is 28.4 Å². The Morgan fingerprint density at radius 3 is 2.69 bits per heavy atom. The molecule has 45 heavy (non-hydrogen) atoms. The van der Waals surface area contributed by atoms with Crippen LogP contribution < -0.4 is 19.5 Å². The molecule has 0 aliphatic carbocycles. The van der Waals surface area contributed by atoms with E-state index in [0.29, 0.717) is 36.6 Å². The zero-order valence-electron chi connectivity index (χ0n) is 26.2. The number of carbonyl (C=O) groups excluding carboxylic acids is 2. The van der Waals surface area contributed by atoms with Gasteiger partial charge in [0.15, 0.2) is 11.5 Å². The normalized spacial score (nSPS) is 18.4. The van der Waals surface area contributed by atoms with Gasteiger partial charge in [0, 0.05) is 55.4 Å². The minimum atomic E-state index is -0.387. The number of para-hydroxylation sites is 1. The van der Waals surface area contributed by atoms with E-state index in [1.54, 1.807) is 23.1 Å². The van der Waals surface area contributed by atoms with Crippen LogP contribution in [-0.2, 0) is 24.8 Å². The van der Waals surface area contributed by atoms with Crippen molar-refractivity contribution < 1.29 is 28.9 Å². The number of aliphatic hydroxyl groups is 1. The standard InChI is InChI=1S/C35H40N4O6/c1-22-16-39(23(2)20-40)35(42)28-15-26(36-34(41)14-25-18-38(4)29-8-6-5-7-27(25)29)10-12-30(28)45-33(22)19-37(3)17-24-9-11-31-32(13-24)44-21-43-31/h5-13,15,18,22-23,33,40H,14,16-17,19-21H2,1-4H3,(H,36,41)/t22-,23-,33-/m1/s1. The first-order valence-electron chi connectivity index (χ1n) is 15.3. The maximum Gasteiger partial charge on any atom is 0.258 e. The van der Waals surface area contributed by atoms with Gasteiger partial charge in [-0.1, -0.05) is 31.2 Å². The molecule has 0 fully saturated rings. The van der Waals surface area contributed by atoms with E-state index in [4.69, 9.17) is 14.2 Å². The number of nitrogens with one attached hydrogen (secondary N) is 1. The lowest BCUT2D eigenvalue weighted by atomic mass is 9.99. The predicted molar refractivity (Wildman–Crippen MR) is 172 cm³/mol. The molecule has 3 aromatic carbocycles. The number of carbonyl (C=O) groups is 2. The highest BCUT2D eigenvalue weighted by atomic mass is 16.7. The van der Waals surface area contributed by atoms with Gasteiger partial charge in [-0.15, -0.1) is 0 Å². The van der Waals surface area contributed by atoms with E-state index in [0.717, 1.165) is 33.5 Å². The smallest absolute Gasteiger partial charge is 0.258 e. The van der Waals surface area contributed by atoms with Crippen LogP contribution in [0.25, 0.3) is 10.9 Å². The van der Waals surface area contributed by atoms with Gasteiger partial charge in [0.25, 0.3) is 5.91 Å². The van der Waals surface area contributed by atoms with Crippen LogP contribution in [-0.4, -0.2) is 77.0 Å². The predicted octanol–water partition coefficient (Wildman–Crippen LogP) is 4.44. The lowest BCUT2D eigenvalue weighted by molar-refractivity contribution is -0.115. The molecule has 4 aromatic rings. The third-order valence-corrected chi connectivity index (χ3v) is 8.66. The van der Waals surface area contributed by atoms with Crippen molar-refractivity contribution in [3.05, 3.63) is 83.6 Å². The Kier molecular flexibility index (Phi) is 8.69. The summed E-state index contributed by atoms with van der Waals surface area (Å²) in [5.74, 6) is 1.52. The fourth-order valence-corrected chi connectivity index (χ4v) is 6.19. The number of nitrogens with zero attached hydrogens (tertiary/aromatic N) is 3. The Morgan fingerprint density at radius 1 is 1.09 bits per heavy atom. The van der Waals surface area contributed by atoms with Crippen LogP contribution in [0.2, 0.25) is 0 Å². The summed E-state index contributed by atoms with van der Waals surface area (Å²) in [5.41, 5.74) is 3.95. The molecule has 2 aliphatic rings. The molecular weight excluding hydrogens is 572 g/mol. The third kappa shape index (κ3) is 6.48. The third-order valence-electron chi connectivity index (χ3n) is 8.66. The van der Waals surface area contributed by atoms with E-state index in [2.05, 4.69) is 17.1 Å². The molecule has 0 unspecified atom stereocenters. The molecule has 10 heteroatoms. The van der Waals surface area contributed by atoms with E-state index >= 15 is 0 Å². The van der Waals surface area contributed by atoms with Gasteiger partial charge in [0.1, 0.15) is 11.9 Å². The molecule has 2 aliphatic heterocycles. The van der Waals surface area contributed by atoms with Crippen molar-refractivity contribution in [3.8, 4) is 17.2 Å². The fraction of sp³-hybridized carbons (Fsp3) is 0.371. The van der Waals surface area contributed by atoms with Crippen LogP contribution in [0.4, 0.5) is 5.69 Å².